The summed E-state index contributed by atoms with van der Waals surface area (Å²) in [4.78, 5) is 19.3. The van der Waals surface area contributed by atoms with Crippen molar-refractivity contribution in [3.8, 4) is 0 Å². The second-order valence-electron chi connectivity index (χ2n) is 8.18. The molecule has 0 saturated carbocycles. The molecule has 8 nitrogen and oxygen atoms in total. The molecular weight excluding hydrogens is 428 g/mol. The number of pyridine rings is 1. The number of anilines is 1. The highest BCUT2D eigenvalue weighted by Crippen LogP contribution is 2.21. The van der Waals surface area contributed by atoms with E-state index in [-0.39, 0.29) is 17.2 Å². The van der Waals surface area contributed by atoms with Gasteiger partial charge in [0.2, 0.25) is 15.9 Å². The van der Waals surface area contributed by atoms with Gasteiger partial charge in [0, 0.05) is 38.9 Å². The number of morpholine rings is 1. The summed E-state index contributed by atoms with van der Waals surface area (Å²) < 4.78 is 32.4. The van der Waals surface area contributed by atoms with E-state index in [0.717, 1.165) is 49.3 Å². The molecule has 0 spiro atoms. The third-order valence-electron chi connectivity index (χ3n) is 5.88. The molecule has 0 aliphatic carbocycles. The van der Waals surface area contributed by atoms with E-state index in [0.29, 0.717) is 32.8 Å². The van der Waals surface area contributed by atoms with Gasteiger partial charge >= 0.3 is 0 Å². The number of carbonyl (C=O) groups excluding carboxylic acids is 1. The van der Waals surface area contributed by atoms with Crippen LogP contribution in [0.5, 0.6) is 0 Å². The van der Waals surface area contributed by atoms with Gasteiger partial charge < -0.3 is 15.0 Å². The van der Waals surface area contributed by atoms with Gasteiger partial charge in [-0.05, 0) is 48.2 Å². The van der Waals surface area contributed by atoms with Crippen LogP contribution < -0.4 is 10.2 Å². The Bertz CT molecular complexity index is 1010. The molecule has 32 heavy (non-hydrogen) atoms. The Balaban J connectivity index is 1.31. The highest BCUT2D eigenvalue weighted by molar-refractivity contribution is 7.89. The molecule has 172 valence electrons. The number of nitrogens with one attached hydrogen (secondary N) is 1. The van der Waals surface area contributed by atoms with Crippen molar-refractivity contribution in [2.24, 2.45) is 0 Å². The first-order chi connectivity index (χ1) is 15.5. The molecule has 2 saturated heterocycles. The average molecular weight is 459 g/mol. The molecule has 2 aliphatic rings. The second-order valence-corrected chi connectivity index (χ2v) is 10.1. The zero-order valence-electron chi connectivity index (χ0n) is 18.2. The van der Waals surface area contributed by atoms with Crippen LogP contribution in [0.25, 0.3) is 0 Å². The number of rotatable bonds is 7. The molecule has 0 radical (unpaired) electrons. The van der Waals surface area contributed by atoms with E-state index in [1.807, 2.05) is 12.1 Å². The van der Waals surface area contributed by atoms with Crippen LogP contribution in [0.2, 0.25) is 0 Å². The minimum atomic E-state index is -3.45. The van der Waals surface area contributed by atoms with Crippen molar-refractivity contribution in [3.05, 3.63) is 53.7 Å². The first-order valence-electron chi connectivity index (χ1n) is 11.2. The normalized spacial score (nSPS) is 17.8. The Morgan fingerprint density at radius 2 is 1.69 bits per heavy atom. The molecule has 1 aromatic heterocycles. The number of aromatic nitrogens is 1. The number of piperidine rings is 1. The molecule has 3 heterocycles. The molecule has 9 heteroatoms. The maximum Gasteiger partial charge on any atom is 0.243 e. The third kappa shape index (κ3) is 5.65. The summed E-state index contributed by atoms with van der Waals surface area (Å²) in [5, 5.41) is 2.94. The monoisotopic (exact) mass is 458 g/mol. The fourth-order valence-electron chi connectivity index (χ4n) is 4.02. The number of carbonyl (C=O) groups is 1. The Hall–Kier alpha value is -2.49. The van der Waals surface area contributed by atoms with E-state index in [1.165, 1.54) is 0 Å². The van der Waals surface area contributed by atoms with Gasteiger partial charge in [0.1, 0.15) is 5.82 Å². The fraction of sp³-hybridized carbons (Fsp3) is 0.478. The van der Waals surface area contributed by atoms with Gasteiger partial charge in [0.05, 0.1) is 24.5 Å². The van der Waals surface area contributed by atoms with Crippen LogP contribution in [0.15, 0.2) is 47.5 Å². The SMILES string of the molecule is O=C(Cc1ccc(S(=O)(=O)N2CCCCC2)cc1)NCc1ccnc(N2CCOCC2)c1. The summed E-state index contributed by atoms with van der Waals surface area (Å²) in [7, 11) is -3.45. The molecule has 0 bridgehead atoms. The number of amides is 1. The average Bonchev–Trinajstić information content (AvgIpc) is 2.84. The molecule has 4 rings (SSSR count). The third-order valence-corrected chi connectivity index (χ3v) is 7.79. The minimum absolute atomic E-state index is 0.110. The molecule has 0 unspecified atom stereocenters. The summed E-state index contributed by atoms with van der Waals surface area (Å²) in [5.41, 5.74) is 1.77. The zero-order chi connectivity index (χ0) is 22.4. The van der Waals surface area contributed by atoms with Crippen molar-refractivity contribution in [3.63, 3.8) is 0 Å². The van der Waals surface area contributed by atoms with E-state index >= 15 is 0 Å². The van der Waals surface area contributed by atoms with Crippen LogP contribution in [0.4, 0.5) is 5.82 Å². The quantitative estimate of drug-likeness (QED) is 0.682. The molecule has 1 aromatic carbocycles. The molecule has 2 aromatic rings. The number of benzene rings is 1. The maximum absolute atomic E-state index is 12.8. The second kappa shape index (κ2) is 10.4. The first kappa shape index (κ1) is 22.7. The molecule has 2 aliphatic heterocycles. The van der Waals surface area contributed by atoms with Gasteiger partial charge in [0.25, 0.3) is 0 Å². The predicted octanol–water partition coefficient (Wildman–Crippen LogP) is 1.95. The number of sulfonamides is 1. The van der Waals surface area contributed by atoms with Crippen LogP contribution in [0.3, 0.4) is 0 Å². The van der Waals surface area contributed by atoms with Crippen LogP contribution in [-0.2, 0) is 32.5 Å². The summed E-state index contributed by atoms with van der Waals surface area (Å²) in [5.74, 6) is 0.784. The lowest BCUT2D eigenvalue weighted by Gasteiger charge is -2.28. The lowest BCUT2D eigenvalue weighted by atomic mass is 10.1. The van der Waals surface area contributed by atoms with Gasteiger partial charge in [-0.1, -0.05) is 18.6 Å². The largest absolute Gasteiger partial charge is 0.378 e. The number of nitrogens with zero attached hydrogens (tertiary/aromatic N) is 3. The smallest absolute Gasteiger partial charge is 0.243 e. The van der Waals surface area contributed by atoms with Crippen molar-refractivity contribution >= 4 is 21.7 Å². The standard InChI is InChI=1S/C23H30N4O4S/c28-23(25-18-20-8-9-24-22(16-20)26-12-14-31-15-13-26)17-19-4-6-21(7-5-19)32(29,30)27-10-2-1-3-11-27/h4-9,16H,1-3,10-15,17-18H2,(H,25,28). The van der Waals surface area contributed by atoms with Gasteiger partial charge in [-0.15, -0.1) is 0 Å². The Kier molecular flexibility index (Phi) is 7.39. The lowest BCUT2D eigenvalue weighted by molar-refractivity contribution is -0.120. The number of ether oxygens (including phenoxy) is 1. The van der Waals surface area contributed by atoms with E-state index in [4.69, 9.17) is 4.74 Å². The van der Waals surface area contributed by atoms with E-state index in [2.05, 4.69) is 15.2 Å². The zero-order valence-corrected chi connectivity index (χ0v) is 19.0. The Morgan fingerprint density at radius 1 is 0.969 bits per heavy atom. The Labute approximate surface area is 189 Å². The van der Waals surface area contributed by atoms with Crippen molar-refractivity contribution in [1.29, 1.82) is 0 Å². The van der Waals surface area contributed by atoms with Crippen molar-refractivity contribution in [2.75, 3.05) is 44.3 Å². The Morgan fingerprint density at radius 3 is 2.41 bits per heavy atom. The molecule has 0 atom stereocenters. The molecular formula is C23H30N4O4S. The number of hydrogen-bond acceptors (Lipinski definition) is 6. The van der Waals surface area contributed by atoms with Crippen LogP contribution in [-0.4, -0.2) is 63.0 Å². The van der Waals surface area contributed by atoms with Crippen LogP contribution >= 0.6 is 0 Å². The van der Waals surface area contributed by atoms with E-state index in [9.17, 15) is 13.2 Å². The van der Waals surface area contributed by atoms with E-state index < -0.39 is 10.0 Å². The first-order valence-corrected chi connectivity index (χ1v) is 12.6. The maximum atomic E-state index is 12.8. The van der Waals surface area contributed by atoms with Crippen LogP contribution in [0, 0.1) is 0 Å². The summed E-state index contributed by atoms with van der Waals surface area (Å²) >= 11 is 0. The van der Waals surface area contributed by atoms with Crippen molar-refractivity contribution < 1.29 is 17.9 Å². The highest BCUT2D eigenvalue weighted by Gasteiger charge is 2.25. The number of hydrogen-bond donors (Lipinski definition) is 1. The van der Waals surface area contributed by atoms with Crippen LogP contribution in [0.1, 0.15) is 30.4 Å². The fourth-order valence-corrected chi connectivity index (χ4v) is 5.54. The van der Waals surface area contributed by atoms with Gasteiger partial charge in [0.15, 0.2) is 0 Å². The summed E-state index contributed by atoms with van der Waals surface area (Å²) in [6.07, 6.45) is 4.85. The van der Waals surface area contributed by atoms with Crippen molar-refractivity contribution in [2.45, 2.75) is 37.1 Å². The molecule has 2 fully saturated rings. The van der Waals surface area contributed by atoms with Gasteiger partial charge in [-0.2, -0.15) is 4.31 Å². The minimum Gasteiger partial charge on any atom is -0.378 e. The highest BCUT2D eigenvalue weighted by atomic mass is 32.2. The molecule has 1 N–H and O–H groups in total. The summed E-state index contributed by atoms with van der Waals surface area (Å²) in [6, 6.07) is 10.5. The molecule has 1 amide bonds. The predicted molar refractivity (Wildman–Crippen MR) is 122 cm³/mol. The van der Waals surface area contributed by atoms with E-state index in [1.54, 1.807) is 34.8 Å². The summed E-state index contributed by atoms with van der Waals surface area (Å²) in [6.45, 7) is 4.59. The van der Waals surface area contributed by atoms with Gasteiger partial charge in [-0.25, -0.2) is 13.4 Å². The van der Waals surface area contributed by atoms with Crippen molar-refractivity contribution in [1.82, 2.24) is 14.6 Å². The topological polar surface area (TPSA) is 91.8 Å². The van der Waals surface area contributed by atoms with Gasteiger partial charge in [-0.3, -0.25) is 4.79 Å². The lowest BCUT2D eigenvalue weighted by Crippen LogP contribution is -2.36.